The van der Waals surface area contributed by atoms with Gasteiger partial charge in [0.1, 0.15) is 17.9 Å². The highest BCUT2D eigenvalue weighted by molar-refractivity contribution is 6.28. The highest BCUT2D eigenvalue weighted by Gasteiger charge is 2.50. The molecule has 0 radical (unpaired) electrons. The van der Waals surface area contributed by atoms with Crippen molar-refractivity contribution >= 4 is 40.5 Å². The van der Waals surface area contributed by atoms with Gasteiger partial charge in [-0.05, 0) is 42.3 Å². The lowest BCUT2D eigenvalue weighted by Gasteiger charge is -2.25. The first-order valence-electron chi connectivity index (χ1n) is 11.3. The lowest BCUT2D eigenvalue weighted by molar-refractivity contribution is -0.0487. The van der Waals surface area contributed by atoms with Crippen molar-refractivity contribution in [3.05, 3.63) is 83.4 Å². The fraction of sp³-hybridized carbons (Fsp3) is 0.240. The molecule has 1 saturated heterocycles. The SMILES string of the molecule is CC[C@H]1O[C@@H](n2cnc3nc(Cl)nc(N)c32)C(OC(=O)c2ccccc2)[C@H]1OC(=O)c1ccccc1. The monoisotopic (exact) mass is 507 g/mol. The molecular weight excluding hydrogens is 486 g/mol. The Morgan fingerprint density at radius 3 is 2.14 bits per heavy atom. The second-order valence-electron chi connectivity index (χ2n) is 8.15. The third kappa shape index (κ3) is 4.48. The largest absolute Gasteiger partial charge is 0.452 e. The number of anilines is 1. The predicted molar refractivity (Wildman–Crippen MR) is 130 cm³/mol. The van der Waals surface area contributed by atoms with Crippen LogP contribution in [0.15, 0.2) is 67.0 Å². The maximum atomic E-state index is 13.1. The van der Waals surface area contributed by atoms with E-state index in [0.717, 1.165) is 0 Å². The zero-order valence-electron chi connectivity index (χ0n) is 19.2. The molecule has 1 unspecified atom stereocenters. The Hall–Kier alpha value is -4.02. The van der Waals surface area contributed by atoms with Crippen LogP contribution in [0.3, 0.4) is 0 Å². The minimum absolute atomic E-state index is 0.0502. The van der Waals surface area contributed by atoms with E-state index in [1.807, 2.05) is 6.92 Å². The van der Waals surface area contributed by atoms with Crippen molar-refractivity contribution in [1.29, 1.82) is 0 Å². The third-order valence-electron chi connectivity index (χ3n) is 5.90. The first-order chi connectivity index (χ1) is 17.5. The number of imidazole rings is 1. The van der Waals surface area contributed by atoms with Gasteiger partial charge in [0.2, 0.25) is 5.28 Å². The summed E-state index contributed by atoms with van der Waals surface area (Å²) in [6.45, 7) is 1.88. The van der Waals surface area contributed by atoms with Crippen LogP contribution < -0.4 is 5.73 Å². The molecule has 2 N–H and O–H groups in total. The fourth-order valence-corrected chi connectivity index (χ4v) is 4.37. The molecule has 0 amide bonds. The van der Waals surface area contributed by atoms with Gasteiger partial charge in [-0.25, -0.2) is 14.6 Å². The van der Waals surface area contributed by atoms with Crippen molar-refractivity contribution in [3.8, 4) is 0 Å². The summed E-state index contributed by atoms with van der Waals surface area (Å²) < 4.78 is 19.7. The first-order valence-corrected chi connectivity index (χ1v) is 11.7. The van der Waals surface area contributed by atoms with Crippen LogP contribution in [0.5, 0.6) is 0 Å². The molecule has 0 aliphatic carbocycles. The molecular formula is C25H22ClN5O5. The van der Waals surface area contributed by atoms with Crippen LogP contribution in [0.25, 0.3) is 11.2 Å². The molecule has 2 aromatic carbocycles. The van der Waals surface area contributed by atoms with Crippen LogP contribution >= 0.6 is 11.6 Å². The van der Waals surface area contributed by atoms with E-state index < -0.39 is 36.5 Å². The zero-order valence-corrected chi connectivity index (χ0v) is 19.9. The highest BCUT2D eigenvalue weighted by atomic mass is 35.5. The minimum Gasteiger partial charge on any atom is -0.452 e. The summed E-state index contributed by atoms with van der Waals surface area (Å²) in [7, 11) is 0. The van der Waals surface area contributed by atoms with Crippen LogP contribution in [0.2, 0.25) is 5.28 Å². The predicted octanol–water partition coefficient (Wildman–Crippen LogP) is 3.82. The molecule has 4 aromatic rings. The van der Waals surface area contributed by atoms with E-state index in [9.17, 15) is 9.59 Å². The molecule has 1 aliphatic rings. The number of benzene rings is 2. The average Bonchev–Trinajstić information content (AvgIpc) is 3.46. The van der Waals surface area contributed by atoms with E-state index in [2.05, 4.69) is 15.0 Å². The molecule has 0 saturated carbocycles. The van der Waals surface area contributed by atoms with E-state index in [-0.39, 0.29) is 16.7 Å². The lowest BCUT2D eigenvalue weighted by Crippen LogP contribution is -2.39. The molecule has 36 heavy (non-hydrogen) atoms. The molecule has 2 aromatic heterocycles. The third-order valence-corrected chi connectivity index (χ3v) is 6.06. The summed E-state index contributed by atoms with van der Waals surface area (Å²) in [6.07, 6.45) is -1.51. The smallest absolute Gasteiger partial charge is 0.338 e. The number of carbonyl (C=O) groups is 2. The number of carbonyl (C=O) groups excluding carboxylic acids is 2. The Morgan fingerprint density at radius 1 is 0.972 bits per heavy atom. The van der Waals surface area contributed by atoms with E-state index >= 15 is 0 Å². The van der Waals surface area contributed by atoms with E-state index in [1.165, 1.54) is 6.33 Å². The molecule has 1 fully saturated rings. The second-order valence-corrected chi connectivity index (χ2v) is 8.49. The summed E-state index contributed by atoms with van der Waals surface area (Å²) in [5.74, 6) is -1.07. The van der Waals surface area contributed by atoms with Gasteiger partial charge in [-0.1, -0.05) is 43.3 Å². The zero-order chi connectivity index (χ0) is 25.2. The number of nitrogens with zero attached hydrogens (tertiary/aromatic N) is 4. The van der Waals surface area contributed by atoms with Gasteiger partial charge in [-0.15, -0.1) is 0 Å². The van der Waals surface area contributed by atoms with E-state index in [0.29, 0.717) is 23.1 Å². The first kappa shape index (κ1) is 23.7. The van der Waals surface area contributed by atoms with Crippen molar-refractivity contribution in [1.82, 2.24) is 19.5 Å². The number of hydrogen-bond donors (Lipinski definition) is 1. The summed E-state index contributed by atoms with van der Waals surface area (Å²) in [4.78, 5) is 38.4. The number of rotatable bonds is 6. The van der Waals surface area contributed by atoms with Gasteiger partial charge >= 0.3 is 11.9 Å². The number of fused-ring (bicyclic) bond motifs is 1. The summed E-state index contributed by atoms with van der Waals surface area (Å²) in [5.41, 5.74) is 7.44. The number of ether oxygens (including phenoxy) is 3. The Bertz CT molecular complexity index is 1400. The van der Waals surface area contributed by atoms with Gasteiger partial charge in [0, 0.05) is 0 Å². The van der Waals surface area contributed by atoms with Crippen molar-refractivity contribution < 1.29 is 23.8 Å². The Kier molecular flexibility index (Phi) is 6.53. The van der Waals surface area contributed by atoms with Gasteiger partial charge in [0.25, 0.3) is 0 Å². The van der Waals surface area contributed by atoms with Crippen LogP contribution in [0.1, 0.15) is 40.3 Å². The molecule has 3 heterocycles. The number of esters is 2. The Balaban J connectivity index is 1.54. The number of nitrogens with two attached hydrogens (primary N) is 1. The molecule has 0 bridgehead atoms. The summed E-state index contributed by atoms with van der Waals surface area (Å²) in [6, 6.07) is 17.1. The molecule has 0 spiro atoms. The highest BCUT2D eigenvalue weighted by Crippen LogP contribution is 2.38. The van der Waals surface area contributed by atoms with Crippen LogP contribution in [0, 0.1) is 0 Å². The van der Waals surface area contributed by atoms with Gasteiger partial charge in [0.15, 0.2) is 29.9 Å². The van der Waals surface area contributed by atoms with Crippen LogP contribution in [-0.2, 0) is 14.2 Å². The molecule has 184 valence electrons. The van der Waals surface area contributed by atoms with Crippen LogP contribution in [-0.4, -0.2) is 49.8 Å². The average molecular weight is 508 g/mol. The van der Waals surface area contributed by atoms with Crippen molar-refractivity contribution in [2.24, 2.45) is 0 Å². The second kappa shape index (κ2) is 9.92. The molecule has 10 nitrogen and oxygen atoms in total. The van der Waals surface area contributed by atoms with Gasteiger partial charge < -0.3 is 19.9 Å². The fourth-order valence-electron chi connectivity index (χ4n) is 4.20. The molecule has 5 rings (SSSR count). The number of nitrogen functional groups attached to an aromatic ring is 1. The van der Waals surface area contributed by atoms with Crippen molar-refractivity contribution in [2.45, 2.75) is 37.9 Å². The maximum absolute atomic E-state index is 13.1. The van der Waals surface area contributed by atoms with E-state index in [4.69, 9.17) is 31.5 Å². The van der Waals surface area contributed by atoms with Crippen molar-refractivity contribution in [2.75, 3.05) is 5.73 Å². The topological polar surface area (TPSA) is 131 Å². The van der Waals surface area contributed by atoms with Crippen molar-refractivity contribution in [3.63, 3.8) is 0 Å². The maximum Gasteiger partial charge on any atom is 0.338 e. The summed E-state index contributed by atoms with van der Waals surface area (Å²) >= 11 is 5.93. The summed E-state index contributed by atoms with van der Waals surface area (Å²) in [5, 5.41) is -0.0502. The normalized spacial score (nSPS) is 21.4. The van der Waals surface area contributed by atoms with Crippen LogP contribution in [0.4, 0.5) is 5.82 Å². The van der Waals surface area contributed by atoms with Gasteiger partial charge in [-0.3, -0.25) is 4.57 Å². The number of hydrogen-bond acceptors (Lipinski definition) is 9. The Morgan fingerprint density at radius 2 is 1.56 bits per heavy atom. The van der Waals surface area contributed by atoms with Gasteiger partial charge in [0.05, 0.1) is 11.1 Å². The molecule has 4 atom stereocenters. The minimum atomic E-state index is -1.03. The lowest BCUT2D eigenvalue weighted by atomic mass is 10.1. The van der Waals surface area contributed by atoms with Gasteiger partial charge in [-0.2, -0.15) is 9.97 Å². The molecule has 11 heteroatoms. The van der Waals surface area contributed by atoms with E-state index in [1.54, 1.807) is 65.2 Å². The number of halogens is 1. The molecule has 1 aliphatic heterocycles. The quantitative estimate of drug-likeness (QED) is 0.305. The standard InChI is InChI=1S/C25H22ClN5O5/c1-2-16-18(35-23(32)14-9-5-3-6-10-14)19(36-24(33)15-11-7-4-8-12-15)22(34-16)31-13-28-21-17(31)20(27)29-25(26)30-21/h3-13,16,18-19,22H,2H2,1H3,(H2,27,29,30)/t16-,18+,19?,22-/m1/s1. The number of aromatic nitrogens is 4. The Labute approximate surface area is 211 Å².